The van der Waals surface area contributed by atoms with Crippen LogP contribution in [0.15, 0.2) is 29.3 Å². The van der Waals surface area contributed by atoms with Crippen molar-refractivity contribution in [3.63, 3.8) is 0 Å². The Hall–Kier alpha value is -2.28. The molecule has 1 saturated heterocycles. The van der Waals surface area contributed by atoms with E-state index in [9.17, 15) is 9.59 Å². The van der Waals surface area contributed by atoms with Crippen LogP contribution in [0.5, 0.6) is 0 Å². The third-order valence-electron chi connectivity index (χ3n) is 4.63. The van der Waals surface area contributed by atoms with E-state index < -0.39 is 0 Å². The Kier molecular flexibility index (Phi) is 8.57. The van der Waals surface area contributed by atoms with Crippen LogP contribution in [0.3, 0.4) is 0 Å². The Balaban J connectivity index is 1.90. The van der Waals surface area contributed by atoms with Gasteiger partial charge in [0, 0.05) is 37.7 Å². The highest BCUT2D eigenvalue weighted by Gasteiger charge is 2.23. The van der Waals surface area contributed by atoms with Crippen molar-refractivity contribution < 1.29 is 14.3 Å². The number of ether oxygens (including phenoxy) is 1. The van der Waals surface area contributed by atoms with Gasteiger partial charge in [0.1, 0.15) is 0 Å². The molecule has 0 radical (unpaired) electrons. The summed E-state index contributed by atoms with van der Waals surface area (Å²) in [6.07, 6.45) is 0.353. The molecule has 1 heterocycles. The molecule has 0 aromatic heterocycles. The van der Waals surface area contributed by atoms with Crippen LogP contribution in [0.1, 0.15) is 19.4 Å². The zero-order valence-electron chi connectivity index (χ0n) is 16.8. The number of hydrogen-bond acceptors (Lipinski definition) is 4. The minimum Gasteiger partial charge on any atom is -0.469 e. The van der Waals surface area contributed by atoms with Gasteiger partial charge in [0.05, 0.1) is 26.0 Å². The highest BCUT2D eigenvalue weighted by atomic mass is 35.5. The minimum atomic E-state index is -0.292. The van der Waals surface area contributed by atoms with E-state index in [4.69, 9.17) is 16.3 Å². The zero-order valence-corrected chi connectivity index (χ0v) is 17.5. The predicted molar refractivity (Wildman–Crippen MR) is 110 cm³/mol. The first kappa shape index (κ1) is 22.0. The molecule has 1 aliphatic heterocycles. The third kappa shape index (κ3) is 6.41. The summed E-state index contributed by atoms with van der Waals surface area (Å²) in [6, 6.07) is 7.40. The van der Waals surface area contributed by atoms with Gasteiger partial charge < -0.3 is 19.9 Å². The summed E-state index contributed by atoms with van der Waals surface area (Å²) in [6.45, 7) is 7.56. The third-order valence-corrected chi connectivity index (χ3v) is 4.86. The monoisotopic (exact) mass is 408 g/mol. The summed E-state index contributed by atoms with van der Waals surface area (Å²) in [4.78, 5) is 32.7. The number of piperazine rings is 1. The first-order valence-corrected chi connectivity index (χ1v) is 9.95. The van der Waals surface area contributed by atoms with Gasteiger partial charge in [0.15, 0.2) is 5.96 Å². The summed E-state index contributed by atoms with van der Waals surface area (Å²) in [5, 5.41) is 3.90. The number of halogens is 1. The van der Waals surface area contributed by atoms with Crippen molar-refractivity contribution >= 4 is 29.4 Å². The molecule has 1 aliphatic rings. The number of esters is 1. The molecule has 0 bridgehead atoms. The van der Waals surface area contributed by atoms with Crippen LogP contribution < -0.4 is 5.32 Å². The lowest BCUT2D eigenvalue weighted by Gasteiger charge is -2.36. The molecule has 8 heteroatoms. The Morgan fingerprint density at radius 1 is 1.25 bits per heavy atom. The van der Waals surface area contributed by atoms with Gasteiger partial charge in [0.25, 0.3) is 0 Å². The first-order chi connectivity index (χ1) is 13.4. The van der Waals surface area contributed by atoms with Gasteiger partial charge in [-0.05, 0) is 24.6 Å². The highest BCUT2D eigenvalue weighted by Crippen LogP contribution is 2.13. The number of guanidine groups is 1. The van der Waals surface area contributed by atoms with Crippen molar-refractivity contribution in [2.75, 3.05) is 46.4 Å². The van der Waals surface area contributed by atoms with E-state index in [1.165, 1.54) is 7.11 Å². The normalized spacial score (nSPS) is 15.9. The Bertz CT molecular complexity index is 702. The average molecular weight is 409 g/mol. The zero-order chi connectivity index (χ0) is 20.5. The van der Waals surface area contributed by atoms with Crippen molar-refractivity contribution in [3.05, 3.63) is 34.9 Å². The van der Waals surface area contributed by atoms with E-state index in [2.05, 4.69) is 15.2 Å². The number of hydrogen-bond donors (Lipinski definition) is 1. The van der Waals surface area contributed by atoms with Crippen molar-refractivity contribution in [1.82, 2.24) is 15.1 Å². The van der Waals surface area contributed by atoms with Crippen LogP contribution in [0.2, 0.25) is 5.02 Å². The molecule has 2 rings (SSSR count). The summed E-state index contributed by atoms with van der Waals surface area (Å²) in [7, 11) is 1.38. The number of nitrogens with one attached hydrogen (secondary N) is 1. The second-order valence-corrected chi connectivity index (χ2v) is 7.23. The van der Waals surface area contributed by atoms with Crippen LogP contribution in [-0.2, 0) is 20.7 Å². The average Bonchev–Trinajstić information content (AvgIpc) is 2.70. The lowest BCUT2D eigenvalue weighted by molar-refractivity contribution is -0.144. The Morgan fingerprint density at radius 2 is 1.93 bits per heavy atom. The number of carbonyl (C=O) groups is 2. The van der Waals surface area contributed by atoms with Crippen LogP contribution in [-0.4, -0.2) is 74.0 Å². The molecule has 1 aromatic carbocycles. The van der Waals surface area contributed by atoms with Crippen LogP contribution in [0.4, 0.5) is 0 Å². The van der Waals surface area contributed by atoms with Crippen molar-refractivity contribution in [3.8, 4) is 0 Å². The summed E-state index contributed by atoms with van der Waals surface area (Å²) in [5.74, 6) is 0.304. The molecule has 154 valence electrons. The number of methoxy groups -OCH3 is 1. The maximum absolute atomic E-state index is 12.6. The minimum absolute atomic E-state index is 0.100. The topological polar surface area (TPSA) is 74.2 Å². The molecular formula is C20H29ClN4O3. The number of rotatable bonds is 6. The molecule has 0 saturated carbocycles. The van der Waals surface area contributed by atoms with Gasteiger partial charge in [0.2, 0.25) is 5.91 Å². The molecule has 7 nitrogen and oxygen atoms in total. The second kappa shape index (κ2) is 10.9. The quantitative estimate of drug-likeness (QED) is 0.441. The summed E-state index contributed by atoms with van der Waals surface area (Å²) < 4.78 is 4.75. The number of aliphatic imine (C=N–C) groups is 1. The van der Waals surface area contributed by atoms with Gasteiger partial charge in [-0.1, -0.05) is 30.7 Å². The fourth-order valence-electron chi connectivity index (χ4n) is 3.03. The number of nitrogens with zero attached hydrogens (tertiary/aromatic N) is 3. The summed E-state index contributed by atoms with van der Waals surface area (Å²) >= 11 is 6.00. The fourth-order valence-corrected chi connectivity index (χ4v) is 3.24. The maximum atomic E-state index is 12.6. The van der Waals surface area contributed by atoms with Gasteiger partial charge >= 0.3 is 5.97 Å². The molecule has 1 atom stereocenters. The standard InChI is InChI=1S/C20H29ClN4O3/c1-4-22-20(23-14-15(2)19(27)28-3)25-10-8-24(9-11-25)18(26)13-16-6-5-7-17(21)12-16/h5-7,12,15H,4,8-11,13-14H2,1-3H3,(H,22,23). The lowest BCUT2D eigenvalue weighted by Crippen LogP contribution is -2.54. The van der Waals surface area contributed by atoms with Gasteiger partial charge in [-0.3, -0.25) is 14.6 Å². The van der Waals surface area contributed by atoms with E-state index in [0.29, 0.717) is 44.2 Å². The molecule has 0 spiro atoms. The molecule has 1 amide bonds. The molecule has 1 aromatic rings. The molecule has 1 N–H and O–H groups in total. The molecule has 0 aliphatic carbocycles. The van der Waals surface area contributed by atoms with Crippen molar-refractivity contribution in [1.29, 1.82) is 0 Å². The number of benzene rings is 1. The smallest absolute Gasteiger partial charge is 0.310 e. The van der Waals surface area contributed by atoms with E-state index in [-0.39, 0.29) is 17.8 Å². The number of amides is 1. The van der Waals surface area contributed by atoms with Gasteiger partial charge in [-0.25, -0.2) is 0 Å². The SMILES string of the molecule is CCNC(=NCC(C)C(=O)OC)N1CCN(C(=O)Cc2cccc(Cl)c2)CC1. The molecule has 1 unspecified atom stereocenters. The molecule has 1 fully saturated rings. The summed E-state index contributed by atoms with van der Waals surface area (Å²) in [5.41, 5.74) is 0.923. The van der Waals surface area contributed by atoms with Crippen LogP contribution in [0.25, 0.3) is 0 Å². The van der Waals surface area contributed by atoms with Crippen molar-refractivity contribution in [2.24, 2.45) is 10.9 Å². The first-order valence-electron chi connectivity index (χ1n) is 9.57. The van der Waals surface area contributed by atoms with Crippen molar-refractivity contribution in [2.45, 2.75) is 20.3 Å². The molecular weight excluding hydrogens is 380 g/mol. The predicted octanol–water partition coefficient (Wildman–Crippen LogP) is 1.80. The second-order valence-electron chi connectivity index (χ2n) is 6.79. The van der Waals surface area contributed by atoms with Gasteiger partial charge in [-0.2, -0.15) is 0 Å². The highest BCUT2D eigenvalue weighted by molar-refractivity contribution is 6.30. The Morgan fingerprint density at radius 3 is 2.54 bits per heavy atom. The largest absolute Gasteiger partial charge is 0.469 e. The fraction of sp³-hybridized carbons (Fsp3) is 0.550. The van der Waals surface area contributed by atoms with E-state index >= 15 is 0 Å². The lowest BCUT2D eigenvalue weighted by atomic mass is 10.1. The van der Waals surface area contributed by atoms with Gasteiger partial charge in [-0.15, -0.1) is 0 Å². The van der Waals surface area contributed by atoms with E-state index in [1.807, 2.05) is 30.0 Å². The van der Waals surface area contributed by atoms with E-state index in [1.54, 1.807) is 13.0 Å². The van der Waals surface area contributed by atoms with Crippen LogP contribution in [0, 0.1) is 5.92 Å². The van der Waals surface area contributed by atoms with Crippen LogP contribution >= 0.6 is 11.6 Å². The van der Waals surface area contributed by atoms with E-state index in [0.717, 1.165) is 18.1 Å². The Labute approximate surface area is 171 Å². The maximum Gasteiger partial charge on any atom is 0.310 e. The number of carbonyl (C=O) groups excluding carboxylic acids is 2. The molecule has 28 heavy (non-hydrogen) atoms.